The van der Waals surface area contributed by atoms with Crippen LogP contribution < -0.4 is 20.1 Å². The lowest BCUT2D eigenvalue weighted by Crippen LogP contribution is -2.36. The SMILES string of the molecule is CN=C(NCc1cccc(COC)c1)NCc1cccc(OC)c1OC1CCCC1.I. The number of para-hydroxylation sites is 1. The van der Waals surface area contributed by atoms with Gasteiger partial charge in [-0.3, -0.25) is 4.99 Å². The minimum absolute atomic E-state index is 0. The fourth-order valence-corrected chi connectivity index (χ4v) is 3.75. The number of hydrogen-bond donors (Lipinski definition) is 2. The topological polar surface area (TPSA) is 64.1 Å². The van der Waals surface area contributed by atoms with E-state index in [1.165, 1.54) is 18.4 Å². The Morgan fingerprint density at radius 1 is 1.00 bits per heavy atom. The van der Waals surface area contributed by atoms with Gasteiger partial charge in [-0.15, -0.1) is 24.0 Å². The first-order valence-corrected chi connectivity index (χ1v) is 10.6. The summed E-state index contributed by atoms with van der Waals surface area (Å²) in [5.74, 6) is 2.35. The van der Waals surface area contributed by atoms with Crippen LogP contribution in [0.3, 0.4) is 0 Å². The van der Waals surface area contributed by atoms with Crippen LogP contribution in [0, 0.1) is 0 Å². The molecule has 2 aromatic carbocycles. The zero-order valence-electron chi connectivity index (χ0n) is 18.6. The number of guanidine groups is 1. The van der Waals surface area contributed by atoms with Crippen molar-refractivity contribution in [3.05, 3.63) is 59.2 Å². The Hall–Kier alpha value is -2.00. The maximum absolute atomic E-state index is 6.32. The second-order valence-corrected chi connectivity index (χ2v) is 7.51. The van der Waals surface area contributed by atoms with Crippen LogP contribution >= 0.6 is 24.0 Å². The van der Waals surface area contributed by atoms with Crippen LogP contribution in [0.1, 0.15) is 42.4 Å². The van der Waals surface area contributed by atoms with E-state index >= 15 is 0 Å². The Morgan fingerprint density at radius 2 is 1.71 bits per heavy atom. The Kier molecular flexibility index (Phi) is 10.9. The third kappa shape index (κ3) is 7.57. The van der Waals surface area contributed by atoms with E-state index in [1.807, 2.05) is 18.2 Å². The molecule has 2 aromatic rings. The van der Waals surface area contributed by atoms with Gasteiger partial charge in [-0.1, -0.05) is 36.4 Å². The van der Waals surface area contributed by atoms with Gasteiger partial charge in [0.25, 0.3) is 0 Å². The first kappa shape index (κ1) is 25.3. The van der Waals surface area contributed by atoms with Gasteiger partial charge < -0.3 is 24.8 Å². The molecule has 2 N–H and O–H groups in total. The van der Waals surface area contributed by atoms with Crippen molar-refractivity contribution in [2.24, 2.45) is 4.99 Å². The molecular weight excluding hydrogens is 505 g/mol. The van der Waals surface area contributed by atoms with Crippen molar-refractivity contribution in [3.63, 3.8) is 0 Å². The fourth-order valence-electron chi connectivity index (χ4n) is 3.75. The first-order chi connectivity index (χ1) is 14.7. The Labute approximate surface area is 202 Å². The highest BCUT2D eigenvalue weighted by molar-refractivity contribution is 14.0. The van der Waals surface area contributed by atoms with Gasteiger partial charge in [0.2, 0.25) is 0 Å². The molecule has 170 valence electrons. The first-order valence-electron chi connectivity index (χ1n) is 10.6. The van der Waals surface area contributed by atoms with E-state index in [2.05, 4.69) is 39.9 Å². The second-order valence-electron chi connectivity index (χ2n) is 7.51. The lowest BCUT2D eigenvalue weighted by atomic mass is 10.1. The van der Waals surface area contributed by atoms with E-state index in [4.69, 9.17) is 14.2 Å². The number of rotatable bonds is 9. The minimum atomic E-state index is 0. The Bertz CT molecular complexity index is 839. The standard InChI is InChI=1S/C24H33N3O3.HI/c1-25-24(26-15-18-8-6-9-19(14-18)17-28-2)27-16-20-10-7-13-22(29-3)23(20)30-21-11-4-5-12-21;/h6-10,13-14,21H,4-5,11-12,15-17H2,1-3H3,(H2,25,26,27);1H. The molecule has 7 heteroatoms. The monoisotopic (exact) mass is 539 g/mol. The van der Waals surface area contributed by atoms with Crippen LogP contribution in [-0.2, 0) is 24.4 Å². The molecule has 1 aliphatic rings. The van der Waals surface area contributed by atoms with E-state index < -0.39 is 0 Å². The molecule has 0 amide bonds. The van der Waals surface area contributed by atoms with Gasteiger partial charge in [0, 0.05) is 32.8 Å². The molecule has 3 rings (SSSR count). The van der Waals surface area contributed by atoms with E-state index in [-0.39, 0.29) is 30.1 Å². The molecule has 0 atom stereocenters. The Balaban J connectivity index is 0.00000341. The van der Waals surface area contributed by atoms with E-state index in [0.717, 1.165) is 41.4 Å². The summed E-state index contributed by atoms with van der Waals surface area (Å²) in [5.41, 5.74) is 3.40. The van der Waals surface area contributed by atoms with Crippen LogP contribution in [0.5, 0.6) is 11.5 Å². The molecule has 1 fully saturated rings. The fraction of sp³-hybridized carbons (Fsp3) is 0.458. The normalized spacial score (nSPS) is 14.1. The molecule has 0 spiro atoms. The zero-order valence-corrected chi connectivity index (χ0v) is 21.0. The van der Waals surface area contributed by atoms with Crippen LogP contribution in [-0.4, -0.2) is 33.3 Å². The number of aliphatic imine (C=N–C) groups is 1. The summed E-state index contributed by atoms with van der Waals surface area (Å²) < 4.78 is 17.1. The maximum atomic E-state index is 6.32. The van der Waals surface area contributed by atoms with Gasteiger partial charge in [-0.05, 0) is 42.9 Å². The molecule has 1 saturated carbocycles. The summed E-state index contributed by atoms with van der Waals surface area (Å²) in [5, 5.41) is 6.76. The largest absolute Gasteiger partial charge is 0.493 e. The number of nitrogens with one attached hydrogen (secondary N) is 2. The van der Waals surface area contributed by atoms with Crippen molar-refractivity contribution in [1.29, 1.82) is 0 Å². The highest BCUT2D eigenvalue weighted by Gasteiger charge is 2.20. The molecule has 6 nitrogen and oxygen atoms in total. The number of hydrogen-bond acceptors (Lipinski definition) is 4. The molecule has 0 radical (unpaired) electrons. The van der Waals surface area contributed by atoms with E-state index in [0.29, 0.717) is 19.7 Å². The maximum Gasteiger partial charge on any atom is 0.191 e. The third-order valence-corrected chi connectivity index (χ3v) is 5.30. The summed E-state index contributed by atoms with van der Waals surface area (Å²) in [7, 11) is 5.17. The molecule has 0 bridgehead atoms. The van der Waals surface area contributed by atoms with Crippen molar-refractivity contribution in [2.45, 2.75) is 51.5 Å². The summed E-state index contributed by atoms with van der Waals surface area (Å²) in [6.07, 6.45) is 4.95. The second kappa shape index (κ2) is 13.4. The lowest BCUT2D eigenvalue weighted by molar-refractivity contribution is 0.185. The van der Waals surface area contributed by atoms with Crippen LogP contribution in [0.2, 0.25) is 0 Å². The van der Waals surface area contributed by atoms with Gasteiger partial charge in [0.15, 0.2) is 17.5 Å². The summed E-state index contributed by atoms with van der Waals surface area (Å²) >= 11 is 0. The number of nitrogens with zero attached hydrogens (tertiary/aromatic N) is 1. The average Bonchev–Trinajstić information content (AvgIpc) is 3.28. The number of ether oxygens (including phenoxy) is 3. The number of halogens is 1. The zero-order chi connectivity index (χ0) is 21.2. The van der Waals surface area contributed by atoms with Crippen molar-refractivity contribution < 1.29 is 14.2 Å². The highest BCUT2D eigenvalue weighted by Crippen LogP contribution is 2.34. The van der Waals surface area contributed by atoms with Crippen LogP contribution in [0.15, 0.2) is 47.5 Å². The number of benzene rings is 2. The van der Waals surface area contributed by atoms with Crippen molar-refractivity contribution in [2.75, 3.05) is 21.3 Å². The molecule has 31 heavy (non-hydrogen) atoms. The molecule has 1 aliphatic carbocycles. The van der Waals surface area contributed by atoms with Crippen molar-refractivity contribution >= 4 is 29.9 Å². The molecule has 0 unspecified atom stereocenters. The summed E-state index contributed by atoms with van der Waals surface area (Å²) in [6.45, 7) is 1.89. The van der Waals surface area contributed by atoms with Gasteiger partial charge in [-0.25, -0.2) is 0 Å². The van der Waals surface area contributed by atoms with Gasteiger partial charge in [0.05, 0.1) is 19.8 Å². The summed E-state index contributed by atoms with van der Waals surface area (Å²) in [4.78, 5) is 4.35. The van der Waals surface area contributed by atoms with Crippen LogP contribution in [0.4, 0.5) is 0 Å². The lowest BCUT2D eigenvalue weighted by Gasteiger charge is -2.20. The predicted molar refractivity (Wildman–Crippen MR) is 135 cm³/mol. The molecule has 0 aromatic heterocycles. The van der Waals surface area contributed by atoms with E-state index in [1.54, 1.807) is 21.3 Å². The third-order valence-electron chi connectivity index (χ3n) is 5.30. The van der Waals surface area contributed by atoms with Crippen molar-refractivity contribution in [3.8, 4) is 11.5 Å². The molecular formula is C24H34IN3O3. The predicted octanol–water partition coefficient (Wildman–Crippen LogP) is 4.65. The number of methoxy groups -OCH3 is 2. The smallest absolute Gasteiger partial charge is 0.191 e. The average molecular weight is 539 g/mol. The molecule has 0 heterocycles. The Morgan fingerprint density at radius 3 is 2.42 bits per heavy atom. The van der Waals surface area contributed by atoms with Crippen LogP contribution in [0.25, 0.3) is 0 Å². The molecule has 0 saturated heterocycles. The van der Waals surface area contributed by atoms with Gasteiger partial charge in [-0.2, -0.15) is 0 Å². The van der Waals surface area contributed by atoms with Crippen molar-refractivity contribution in [1.82, 2.24) is 10.6 Å². The highest BCUT2D eigenvalue weighted by atomic mass is 127. The van der Waals surface area contributed by atoms with Gasteiger partial charge >= 0.3 is 0 Å². The quantitative estimate of drug-likeness (QED) is 0.276. The molecule has 0 aliphatic heterocycles. The van der Waals surface area contributed by atoms with Gasteiger partial charge in [0.1, 0.15) is 0 Å². The summed E-state index contributed by atoms with van der Waals surface area (Å²) in [6, 6.07) is 14.4. The minimum Gasteiger partial charge on any atom is -0.493 e. The van der Waals surface area contributed by atoms with E-state index in [9.17, 15) is 0 Å².